The molecular weight excluding hydrogens is 432 g/mol. The van der Waals surface area contributed by atoms with E-state index in [1.165, 1.54) is 0 Å². The molecule has 0 aromatic heterocycles. The fourth-order valence-electron chi connectivity index (χ4n) is 4.40. The van der Waals surface area contributed by atoms with Gasteiger partial charge in [0, 0.05) is 31.7 Å². The average molecular weight is 465 g/mol. The lowest BCUT2D eigenvalue weighted by molar-refractivity contribution is -0.140. The molecule has 0 radical (unpaired) electrons. The third kappa shape index (κ3) is 5.16. The largest absolute Gasteiger partial charge is 0.507 e. The van der Waals surface area contributed by atoms with Crippen molar-refractivity contribution in [2.45, 2.75) is 32.9 Å². The Balaban J connectivity index is 1.71. The van der Waals surface area contributed by atoms with Crippen molar-refractivity contribution in [1.29, 1.82) is 0 Å². The van der Waals surface area contributed by atoms with E-state index in [0.717, 1.165) is 24.2 Å². The molecule has 2 saturated heterocycles. The molecule has 1 amide bonds. The monoisotopic (exact) mass is 464 g/mol. The van der Waals surface area contributed by atoms with Crippen LogP contribution in [-0.2, 0) is 14.3 Å². The number of ketones is 1. The van der Waals surface area contributed by atoms with Crippen molar-refractivity contribution in [2.75, 3.05) is 39.4 Å². The van der Waals surface area contributed by atoms with E-state index < -0.39 is 17.7 Å². The molecule has 1 N–H and O–H groups in total. The third-order valence-corrected chi connectivity index (χ3v) is 6.19. The number of benzene rings is 2. The Kier molecular flexibility index (Phi) is 7.34. The zero-order valence-electron chi connectivity index (χ0n) is 20.0. The van der Waals surface area contributed by atoms with Gasteiger partial charge in [0.25, 0.3) is 11.7 Å². The molecule has 1 atom stereocenters. The summed E-state index contributed by atoms with van der Waals surface area (Å²) in [6, 6.07) is 14.0. The molecule has 0 saturated carbocycles. The molecule has 2 aromatic rings. The van der Waals surface area contributed by atoms with Gasteiger partial charge in [-0.3, -0.25) is 14.5 Å². The predicted molar refractivity (Wildman–Crippen MR) is 130 cm³/mol. The second-order valence-electron chi connectivity index (χ2n) is 9.05. The van der Waals surface area contributed by atoms with Gasteiger partial charge in [-0.05, 0) is 38.5 Å². The molecule has 0 unspecified atom stereocenters. The minimum absolute atomic E-state index is 0.0338. The van der Waals surface area contributed by atoms with E-state index in [2.05, 4.69) is 4.90 Å². The number of aliphatic hydroxyl groups is 1. The van der Waals surface area contributed by atoms with Gasteiger partial charge in [-0.25, -0.2) is 0 Å². The number of rotatable bonds is 7. The molecule has 2 aromatic carbocycles. The van der Waals surface area contributed by atoms with E-state index >= 15 is 0 Å². The molecule has 2 aliphatic heterocycles. The van der Waals surface area contributed by atoms with Gasteiger partial charge < -0.3 is 19.5 Å². The van der Waals surface area contributed by atoms with Crippen molar-refractivity contribution < 1.29 is 24.2 Å². The zero-order chi connectivity index (χ0) is 24.2. The number of morpholine rings is 1. The van der Waals surface area contributed by atoms with Gasteiger partial charge in [0.2, 0.25) is 0 Å². The normalized spacial score (nSPS) is 20.8. The van der Waals surface area contributed by atoms with Gasteiger partial charge in [-0.2, -0.15) is 0 Å². The Morgan fingerprint density at radius 3 is 2.29 bits per heavy atom. The summed E-state index contributed by atoms with van der Waals surface area (Å²) in [5.74, 6) is -0.690. The number of aliphatic hydroxyl groups excluding tert-OH is 1. The average Bonchev–Trinajstić information content (AvgIpc) is 3.08. The molecular formula is C27H32N2O5. The number of likely N-dealkylation sites (tertiary alicyclic amines) is 1. The Morgan fingerprint density at radius 2 is 1.68 bits per heavy atom. The number of hydrogen-bond donors (Lipinski definition) is 1. The number of carbonyl (C=O) groups excluding carboxylic acids is 2. The number of carbonyl (C=O) groups is 2. The number of nitrogens with zero attached hydrogens (tertiary/aromatic N) is 2. The number of aryl methyl sites for hydroxylation is 1. The SMILES string of the molecule is Cc1ccc(/C(O)=C2\C(=O)C(=O)N(CCN3CCOCC3)[C@@H]2c2ccc(OC(C)C)cc2)cc1. The Labute approximate surface area is 200 Å². The highest BCUT2D eigenvalue weighted by Gasteiger charge is 2.46. The van der Waals surface area contributed by atoms with Crippen LogP contribution in [0.15, 0.2) is 54.1 Å². The first-order valence-electron chi connectivity index (χ1n) is 11.8. The molecule has 0 bridgehead atoms. The highest BCUT2D eigenvalue weighted by Crippen LogP contribution is 2.39. The van der Waals surface area contributed by atoms with Gasteiger partial charge in [-0.15, -0.1) is 0 Å². The van der Waals surface area contributed by atoms with Crippen LogP contribution in [0.1, 0.15) is 36.6 Å². The summed E-state index contributed by atoms with van der Waals surface area (Å²) in [5.41, 5.74) is 2.43. The summed E-state index contributed by atoms with van der Waals surface area (Å²) >= 11 is 0. The van der Waals surface area contributed by atoms with Crippen LogP contribution in [0.25, 0.3) is 5.76 Å². The van der Waals surface area contributed by atoms with E-state index in [0.29, 0.717) is 37.6 Å². The summed E-state index contributed by atoms with van der Waals surface area (Å²) in [5, 5.41) is 11.2. The van der Waals surface area contributed by atoms with Gasteiger partial charge in [0.05, 0.1) is 30.9 Å². The molecule has 2 aliphatic rings. The molecule has 7 nitrogen and oxygen atoms in total. The first kappa shape index (κ1) is 24.0. The van der Waals surface area contributed by atoms with Gasteiger partial charge >= 0.3 is 0 Å². The zero-order valence-corrected chi connectivity index (χ0v) is 20.0. The first-order chi connectivity index (χ1) is 16.3. The van der Waals surface area contributed by atoms with Crippen molar-refractivity contribution in [3.05, 3.63) is 70.8 Å². The summed E-state index contributed by atoms with van der Waals surface area (Å²) in [6.45, 7) is 9.77. The Hall–Kier alpha value is -3.16. The van der Waals surface area contributed by atoms with Crippen molar-refractivity contribution in [3.63, 3.8) is 0 Å². The molecule has 180 valence electrons. The lowest BCUT2D eigenvalue weighted by atomic mass is 9.95. The maximum Gasteiger partial charge on any atom is 0.295 e. The van der Waals surface area contributed by atoms with Crippen LogP contribution in [0.3, 0.4) is 0 Å². The highest BCUT2D eigenvalue weighted by atomic mass is 16.5. The fraction of sp³-hybridized carbons (Fsp3) is 0.407. The van der Waals surface area contributed by atoms with Gasteiger partial charge in [0.15, 0.2) is 0 Å². The van der Waals surface area contributed by atoms with E-state index in [9.17, 15) is 14.7 Å². The molecule has 2 fully saturated rings. The van der Waals surface area contributed by atoms with Crippen LogP contribution in [0.5, 0.6) is 5.75 Å². The van der Waals surface area contributed by atoms with Crippen molar-refractivity contribution >= 4 is 17.4 Å². The van der Waals surface area contributed by atoms with Crippen molar-refractivity contribution in [3.8, 4) is 5.75 Å². The quantitative estimate of drug-likeness (QED) is 0.384. The van der Waals surface area contributed by atoms with Gasteiger partial charge in [0.1, 0.15) is 11.5 Å². The highest BCUT2D eigenvalue weighted by molar-refractivity contribution is 6.46. The van der Waals surface area contributed by atoms with Crippen LogP contribution >= 0.6 is 0 Å². The van der Waals surface area contributed by atoms with Crippen LogP contribution in [0.4, 0.5) is 0 Å². The molecule has 0 spiro atoms. The predicted octanol–water partition coefficient (Wildman–Crippen LogP) is 3.54. The van der Waals surface area contributed by atoms with E-state index in [1.54, 1.807) is 17.0 Å². The summed E-state index contributed by atoms with van der Waals surface area (Å²) < 4.78 is 11.2. The fourth-order valence-corrected chi connectivity index (χ4v) is 4.40. The molecule has 4 rings (SSSR count). The molecule has 34 heavy (non-hydrogen) atoms. The van der Waals surface area contributed by atoms with Crippen LogP contribution in [0.2, 0.25) is 0 Å². The van der Waals surface area contributed by atoms with Crippen LogP contribution < -0.4 is 4.74 Å². The number of ether oxygens (including phenoxy) is 2. The van der Waals surface area contributed by atoms with E-state index in [4.69, 9.17) is 9.47 Å². The first-order valence-corrected chi connectivity index (χ1v) is 11.8. The lowest BCUT2D eigenvalue weighted by Gasteiger charge is -2.31. The Morgan fingerprint density at radius 1 is 1.03 bits per heavy atom. The van der Waals surface area contributed by atoms with Crippen LogP contribution in [-0.4, -0.2) is 72.1 Å². The number of amides is 1. The molecule has 7 heteroatoms. The topological polar surface area (TPSA) is 79.3 Å². The summed E-state index contributed by atoms with van der Waals surface area (Å²) in [7, 11) is 0. The second-order valence-corrected chi connectivity index (χ2v) is 9.05. The Bertz CT molecular complexity index is 1050. The second kappa shape index (κ2) is 10.4. The number of Topliss-reactive ketones (excluding diaryl/α,β-unsaturated/α-hetero) is 1. The van der Waals surface area contributed by atoms with E-state index in [-0.39, 0.29) is 17.4 Å². The maximum absolute atomic E-state index is 13.2. The van der Waals surface area contributed by atoms with Crippen molar-refractivity contribution in [2.24, 2.45) is 0 Å². The van der Waals surface area contributed by atoms with E-state index in [1.807, 2.05) is 57.2 Å². The summed E-state index contributed by atoms with van der Waals surface area (Å²) in [6.07, 6.45) is 0.0338. The minimum Gasteiger partial charge on any atom is -0.507 e. The van der Waals surface area contributed by atoms with Gasteiger partial charge in [-0.1, -0.05) is 42.0 Å². The summed E-state index contributed by atoms with van der Waals surface area (Å²) in [4.78, 5) is 30.1. The third-order valence-electron chi connectivity index (χ3n) is 6.19. The van der Waals surface area contributed by atoms with Crippen molar-refractivity contribution in [1.82, 2.24) is 9.80 Å². The maximum atomic E-state index is 13.2. The standard InChI is InChI=1S/C27H32N2O5/c1-18(2)34-22-10-8-20(9-11-22)24-23(25(30)21-6-4-19(3)5-7-21)26(31)27(32)29(24)13-12-28-14-16-33-17-15-28/h4-11,18,24,30H,12-17H2,1-3H3/b25-23+/t24-/m1/s1. The number of hydrogen-bond acceptors (Lipinski definition) is 6. The smallest absolute Gasteiger partial charge is 0.295 e. The molecule has 2 heterocycles. The lowest BCUT2D eigenvalue weighted by Crippen LogP contribution is -2.42. The van der Waals surface area contributed by atoms with Crippen LogP contribution in [0, 0.1) is 6.92 Å². The molecule has 0 aliphatic carbocycles. The minimum atomic E-state index is -0.671.